The summed E-state index contributed by atoms with van der Waals surface area (Å²) in [6.45, 7) is 3.78. The number of hydrogen-bond acceptors (Lipinski definition) is 5. The van der Waals surface area contributed by atoms with Crippen molar-refractivity contribution in [2.24, 2.45) is 5.41 Å². The Bertz CT molecular complexity index is 107. The lowest BCUT2D eigenvalue weighted by Crippen LogP contribution is -2.29. The monoisotopic (exact) mass is 165 g/mol. The molecule has 5 heteroatoms. The fourth-order valence-corrected chi connectivity index (χ4v) is 0.328. The largest absolute Gasteiger partial charge is 0.396 e. The Morgan fingerprint density at radius 2 is 2.00 bits per heavy atom. The summed E-state index contributed by atoms with van der Waals surface area (Å²) in [5, 5.41) is 17.6. The Morgan fingerprint density at radius 1 is 1.45 bits per heavy atom. The van der Waals surface area contributed by atoms with Crippen LogP contribution in [-0.2, 0) is 9.68 Å². The zero-order chi connectivity index (χ0) is 8.91. The van der Waals surface area contributed by atoms with Crippen molar-refractivity contribution in [3.05, 3.63) is 0 Å². The molecule has 0 aromatic rings. The highest BCUT2D eigenvalue weighted by Gasteiger charge is 2.18. The molecule has 0 aliphatic rings. The van der Waals surface area contributed by atoms with Gasteiger partial charge in [-0.2, -0.15) is 0 Å². The predicted octanol–water partition coefficient (Wildman–Crippen LogP) is 0.189. The first-order chi connectivity index (χ1) is 5.02. The topological polar surface area (TPSA) is 62.2 Å². The molecule has 0 radical (unpaired) electrons. The van der Waals surface area contributed by atoms with Crippen LogP contribution in [0.25, 0.3) is 0 Å². The van der Waals surface area contributed by atoms with Gasteiger partial charge in [-0.15, -0.1) is 0 Å². The molecule has 0 saturated carbocycles. The van der Waals surface area contributed by atoms with E-state index in [1.807, 2.05) is 0 Å². The van der Waals surface area contributed by atoms with E-state index in [1.54, 1.807) is 13.8 Å². The maximum atomic E-state index is 8.76. The van der Waals surface area contributed by atoms with Gasteiger partial charge in [0, 0.05) is 5.41 Å². The van der Waals surface area contributed by atoms with Gasteiger partial charge in [-0.1, -0.05) is 13.8 Å². The summed E-state index contributed by atoms with van der Waals surface area (Å²) < 4.78 is 0. The van der Waals surface area contributed by atoms with Crippen molar-refractivity contribution in [2.45, 2.75) is 13.8 Å². The molecule has 0 unspecified atom stereocenters. The van der Waals surface area contributed by atoms with Crippen LogP contribution in [0.4, 0.5) is 0 Å². The van der Waals surface area contributed by atoms with Gasteiger partial charge in [0.05, 0.1) is 25.7 Å². The molecular weight excluding hydrogens is 150 g/mol. The highest BCUT2D eigenvalue weighted by atomic mass is 17.1. The second-order valence-corrected chi connectivity index (χ2v) is 3.02. The molecule has 0 saturated heterocycles. The Balaban J connectivity index is 3.52. The highest BCUT2D eigenvalue weighted by molar-refractivity contribution is 4.64. The normalized spacial score (nSPS) is 12.5. The first kappa shape index (κ1) is 10.8. The molecule has 0 rings (SSSR count). The molecular formula is C6H15NO4. The van der Waals surface area contributed by atoms with Gasteiger partial charge in [0.15, 0.2) is 0 Å². The van der Waals surface area contributed by atoms with Gasteiger partial charge in [-0.25, -0.2) is 0 Å². The number of nitrogens with zero attached hydrogens (tertiary/aromatic N) is 1. The van der Waals surface area contributed by atoms with Crippen molar-refractivity contribution in [3.8, 4) is 0 Å². The minimum Gasteiger partial charge on any atom is -0.396 e. The van der Waals surface area contributed by atoms with Gasteiger partial charge in [0.1, 0.15) is 0 Å². The van der Waals surface area contributed by atoms with Crippen molar-refractivity contribution in [3.63, 3.8) is 0 Å². The number of hydrogen-bond donors (Lipinski definition) is 2. The molecule has 2 N–H and O–H groups in total. The van der Waals surface area contributed by atoms with E-state index in [2.05, 4.69) is 9.68 Å². The van der Waals surface area contributed by atoms with E-state index in [9.17, 15) is 0 Å². The molecule has 0 fully saturated rings. The van der Waals surface area contributed by atoms with Gasteiger partial charge >= 0.3 is 0 Å². The quantitative estimate of drug-likeness (QED) is 0.569. The number of rotatable bonds is 5. The van der Waals surface area contributed by atoms with Crippen molar-refractivity contribution in [2.75, 3.05) is 20.3 Å². The molecule has 5 nitrogen and oxygen atoms in total. The standard InChI is InChI=1S/C6H15NO4/c1-6(2,4-8)5-11-7(9)10-3/h8-9H,4-5H2,1-3H3. The maximum Gasteiger partial charge on any atom is 0.0809 e. The van der Waals surface area contributed by atoms with Crippen LogP contribution in [0.15, 0.2) is 0 Å². The molecule has 11 heavy (non-hydrogen) atoms. The molecule has 0 bridgehead atoms. The van der Waals surface area contributed by atoms with Gasteiger partial charge in [0.25, 0.3) is 0 Å². The Morgan fingerprint density at radius 3 is 2.36 bits per heavy atom. The zero-order valence-corrected chi connectivity index (χ0v) is 7.07. The zero-order valence-electron chi connectivity index (χ0n) is 7.07. The first-order valence-corrected chi connectivity index (χ1v) is 3.29. The third-order valence-electron chi connectivity index (χ3n) is 1.15. The van der Waals surface area contributed by atoms with Crippen LogP contribution < -0.4 is 0 Å². The van der Waals surface area contributed by atoms with Crippen molar-refractivity contribution < 1.29 is 20.0 Å². The molecule has 0 atom stereocenters. The summed E-state index contributed by atoms with van der Waals surface area (Å²) in [5.41, 5.74) is -0.375. The SMILES string of the molecule is CON(O)OCC(C)(C)CO. The lowest BCUT2D eigenvalue weighted by Gasteiger charge is -2.22. The second kappa shape index (κ2) is 4.63. The van der Waals surface area contributed by atoms with E-state index in [1.165, 1.54) is 7.11 Å². The van der Waals surface area contributed by atoms with E-state index in [0.29, 0.717) is 0 Å². The molecule has 0 aliphatic carbocycles. The lowest BCUT2D eigenvalue weighted by molar-refractivity contribution is -0.506. The Hall–Kier alpha value is -0.200. The van der Waals surface area contributed by atoms with E-state index in [4.69, 9.17) is 10.3 Å². The predicted molar refractivity (Wildman–Crippen MR) is 37.5 cm³/mol. The van der Waals surface area contributed by atoms with Crippen LogP contribution in [0.1, 0.15) is 13.8 Å². The molecule has 0 aromatic heterocycles. The maximum absolute atomic E-state index is 8.76. The molecule has 0 aliphatic heterocycles. The summed E-state index contributed by atoms with van der Waals surface area (Å²) in [6, 6.07) is 0. The van der Waals surface area contributed by atoms with Gasteiger partial charge in [0.2, 0.25) is 0 Å². The van der Waals surface area contributed by atoms with E-state index in [-0.39, 0.29) is 24.0 Å². The van der Waals surface area contributed by atoms with Crippen LogP contribution in [-0.4, -0.2) is 36.0 Å². The Kier molecular flexibility index (Phi) is 4.55. The molecule has 0 amide bonds. The van der Waals surface area contributed by atoms with Crippen molar-refractivity contribution >= 4 is 0 Å². The van der Waals surface area contributed by atoms with Crippen LogP contribution in [0, 0.1) is 5.41 Å². The minimum atomic E-state index is -0.375. The second-order valence-electron chi connectivity index (χ2n) is 3.02. The van der Waals surface area contributed by atoms with Gasteiger partial charge in [-0.3, -0.25) is 14.9 Å². The summed E-state index contributed by atoms with van der Waals surface area (Å²) >= 11 is 0. The summed E-state index contributed by atoms with van der Waals surface area (Å²) in [6.07, 6.45) is 0. The van der Waals surface area contributed by atoms with Gasteiger partial charge < -0.3 is 5.11 Å². The third-order valence-corrected chi connectivity index (χ3v) is 1.15. The molecule has 0 spiro atoms. The number of aliphatic hydroxyl groups is 1. The average molecular weight is 165 g/mol. The minimum absolute atomic E-state index is 0.00937. The van der Waals surface area contributed by atoms with Crippen LogP contribution in [0.5, 0.6) is 0 Å². The average Bonchev–Trinajstić information content (AvgIpc) is 2.00. The fourth-order valence-electron chi connectivity index (χ4n) is 0.328. The number of aliphatic hydroxyl groups excluding tert-OH is 1. The van der Waals surface area contributed by atoms with Crippen molar-refractivity contribution in [1.82, 2.24) is 5.39 Å². The summed E-state index contributed by atoms with van der Waals surface area (Å²) in [5.74, 6) is 0. The smallest absolute Gasteiger partial charge is 0.0809 e. The Labute approximate surface area is 66.0 Å². The third kappa shape index (κ3) is 5.11. The van der Waals surface area contributed by atoms with Crippen LogP contribution in [0.3, 0.4) is 0 Å². The van der Waals surface area contributed by atoms with E-state index in [0.717, 1.165) is 0 Å². The van der Waals surface area contributed by atoms with E-state index < -0.39 is 0 Å². The first-order valence-electron chi connectivity index (χ1n) is 3.29. The van der Waals surface area contributed by atoms with Crippen LogP contribution >= 0.6 is 0 Å². The van der Waals surface area contributed by atoms with E-state index >= 15 is 0 Å². The molecule has 68 valence electrons. The molecule has 0 heterocycles. The lowest BCUT2D eigenvalue weighted by atomic mass is 9.97. The van der Waals surface area contributed by atoms with Crippen LogP contribution in [0.2, 0.25) is 0 Å². The van der Waals surface area contributed by atoms with Crippen molar-refractivity contribution in [1.29, 1.82) is 0 Å². The van der Waals surface area contributed by atoms with Gasteiger partial charge in [-0.05, 0) is 0 Å². The summed E-state index contributed by atoms with van der Waals surface area (Å²) in [4.78, 5) is 8.93. The highest BCUT2D eigenvalue weighted by Crippen LogP contribution is 2.13. The molecule has 0 aromatic carbocycles. The fraction of sp³-hybridized carbons (Fsp3) is 1.00. The summed E-state index contributed by atoms with van der Waals surface area (Å²) in [7, 11) is 1.27.